The van der Waals surface area contributed by atoms with Gasteiger partial charge >= 0.3 is 0 Å². The maximum absolute atomic E-state index is 10.5. The molecule has 3 aromatic rings. The molecule has 3 N–H and O–H groups in total. The molecular formula is C20H23N3O2. The van der Waals surface area contributed by atoms with Gasteiger partial charge in [0.15, 0.2) is 11.3 Å². The van der Waals surface area contributed by atoms with E-state index in [2.05, 4.69) is 25.8 Å². The Hall–Kier alpha value is -2.87. The molecule has 0 spiro atoms. The van der Waals surface area contributed by atoms with Gasteiger partial charge in [-0.3, -0.25) is 0 Å². The monoisotopic (exact) mass is 337 g/mol. The summed E-state index contributed by atoms with van der Waals surface area (Å²) in [7, 11) is 0. The number of para-hydroxylation sites is 1. The van der Waals surface area contributed by atoms with E-state index in [1.54, 1.807) is 4.57 Å². The van der Waals surface area contributed by atoms with Crippen LogP contribution in [0.5, 0.6) is 11.6 Å². The van der Waals surface area contributed by atoms with Gasteiger partial charge in [-0.25, -0.2) is 0 Å². The maximum atomic E-state index is 10.5. The lowest BCUT2D eigenvalue weighted by Crippen LogP contribution is -2.12. The number of nitrogens with zero attached hydrogens (tertiary/aromatic N) is 2. The Morgan fingerprint density at radius 3 is 2.60 bits per heavy atom. The Morgan fingerprint density at radius 1 is 1.20 bits per heavy atom. The maximum Gasteiger partial charge on any atom is 0.213 e. The van der Waals surface area contributed by atoms with E-state index in [-0.39, 0.29) is 22.6 Å². The second-order valence-electron chi connectivity index (χ2n) is 7.60. The molecule has 2 aromatic heterocycles. The Kier molecular flexibility index (Phi) is 4.22. The molecule has 0 bridgehead atoms. The zero-order valence-corrected chi connectivity index (χ0v) is 14.8. The largest absolute Gasteiger partial charge is 0.505 e. The van der Waals surface area contributed by atoms with Crippen molar-refractivity contribution in [3.8, 4) is 17.7 Å². The SMILES string of the molecule is CC(C)(C)CCn1c(O)c(C#N)c(O)c1Cc1c[nH]c2ccccc12. The standard InChI is InChI=1S/C20H23N3O2/c1-20(2,3)8-9-23-17(18(24)15(11-21)19(23)25)10-13-12-22-16-7-5-4-6-14(13)16/h4-7,12,22,24-25H,8-10H2,1-3H3. The number of nitriles is 1. The minimum Gasteiger partial charge on any atom is -0.505 e. The molecule has 0 aliphatic carbocycles. The average Bonchev–Trinajstić information content (AvgIpc) is 3.05. The summed E-state index contributed by atoms with van der Waals surface area (Å²) >= 11 is 0. The highest BCUT2D eigenvalue weighted by Crippen LogP contribution is 2.37. The third-order valence-electron chi connectivity index (χ3n) is 4.55. The number of benzene rings is 1. The molecule has 2 heterocycles. The fourth-order valence-electron chi connectivity index (χ4n) is 3.07. The first-order valence-corrected chi connectivity index (χ1v) is 8.40. The predicted octanol–water partition coefficient (Wildman–Crippen LogP) is 4.28. The molecule has 0 unspecified atom stereocenters. The van der Waals surface area contributed by atoms with E-state index in [0.717, 1.165) is 22.9 Å². The van der Waals surface area contributed by atoms with E-state index in [1.165, 1.54) is 0 Å². The molecule has 5 heteroatoms. The topological polar surface area (TPSA) is 85.0 Å². The molecule has 0 aliphatic rings. The summed E-state index contributed by atoms with van der Waals surface area (Å²) in [4.78, 5) is 3.22. The van der Waals surface area contributed by atoms with Crippen molar-refractivity contribution in [2.24, 2.45) is 5.41 Å². The lowest BCUT2D eigenvalue weighted by Gasteiger charge is -2.20. The number of hydrogen-bond donors (Lipinski definition) is 3. The van der Waals surface area contributed by atoms with Gasteiger partial charge in [0.25, 0.3) is 0 Å². The third kappa shape index (κ3) is 3.20. The number of nitrogens with one attached hydrogen (secondary N) is 1. The van der Waals surface area contributed by atoms with Gasteiger partial charge in [0.1, 0.15) is 6.07 Å². The summed E-state index contributed by atoms with van der Waals surface area (Å²) in [6, 6.07) is 9.86. The van der Waals surface area contributed by atoms with Crippen molar-refractivity contribution < 1.29 is 10.2 Å². The van der Waals surface area contributed by atoms with Gasteiger partial charge in [-0.1, -0.05) is 39.0 Å². The lowest BCUT2D eigenvalue weighted by molar-refractivity contribution is 0.328. The number of H-pyrrole nitrogens is 1. The number of aromatic amines is 1. The molecule has 0 saturated carbocycles. The molecule has 25 heavy (non-hydrogen) atoms. The highest BCUT2D eigenvalue weighted by molar-refractivity contribution is 5.83. The second-order valence-corrected chi connectivity index (χ2v) is 7.60. The van der Waals surface area contributed by atoms with E-state index in [9.17, 15) is 15.5 Å². The number of aromatic nitrogens is 2. The van der Waals surface area contributed by atoms with Gasteiger partial charge in [0.2, 0.25) is 5.88 Å². The molecule has 0 atom stereocenters. The smallest absolute Gasteiger partial charge is 0.213 e. The fraction of sp³-hybridized carbons (Fsp3) is 0.350. The van der Waals surface area contributed by atoms with Crippen LogP contribution < -0.4 is 0 Å². The van der Waals surface area contributed by atoms with Crippen LogP contribution in [0.2, 0.25) is 0 Å². The Morgan fingerprint density at radius 2 is 1.92 bits per heavy atom. The molecule has 3 rings (SSSR count). The van der Waals surface area contributed by atoms with Crippen molar-refractivity contribution in [2.45, 2.75) is 40.2 Å². The van der Waals surface area contributed by atoms with Crippen molar-refractivity contribution in [2.75, 3.05) is 0 Å². The first kappa shape index (κ1) is 17.0. The number of aromatic hydroxyl groups is 2. The van der Waals surface area contributed by atoms with Gasteiger partial charge in [-0.2, -0.15) is 5.26 Å². The first-order chi connectivity index (χ1) is 11.8. The highest BCUT2D eigenvalue weighted by Gasteiger charge is 2.24. The summed E-state index contributed by atoms with van der Waals surface area (Å²) in [5.41, 5.74) is 2.64. The van der Waals surface area contributed by atoms with Gasteiger partial charge < -0.3 is 19.8 Å². The van der Waals surface area contributed by atoms with Crippen molar-refractivity contribution in [3.05, 3.63) is 47.3 Å². The minimum atomic E-state index is -0.154. The molecule has 130 valence electrons. The van der Waals surface area contributed by atoms with E-state index in [1.807, 2.05) is 36.5 Å². The highest BCUT2D eigenvalue weighted by atomic mass is 16.3. The number of hydrogen-bond acceptors (Lipinski definition) is 3. The zero-order chi connectivity index (χ0) is 18.2. The molecular weight excluding hydrogens is 314 g/mol. The van der Waals surface area contributed by atoms with Crippen LogP contribution in [0.15, 0.2) is 30.5 Å². The molecule has 0 aliphatic heterocycles. The van der Waals surface area contributed by atoms with Crippen molar-refractivity contribution in [1.29, 1.82) is 5.26 Å². The molecule has 5 nitrogen and oxygen atoms in total. The average molecular weight is 337 g/mol. The lowest BCUT2D eigenvalue weighted by atomic mass is 9.92. The molecule has 0 fully saturated rings. The van der Waals surface area contributed by atoms with E-state index >= 15 is 0 Å². The summed E-state index contributed by atoms with van der Waals surface area (Å²) in [6.45, 7) is 6.91. The van der Waals surface area contributed by atoms with E-state index in [0.29, 0.717) is 18.7 Å². The summed E-state index contributed by atoms with van der Waals surface area (Å²) < 4.78 is 1.67. The summed E-state index contributed by atoms with van der Waals surface area (Å²) in [5.74, 6) is -0.279. The van der Waals surface area contributed by atoms with Crippen LogP contribution in [0, 0.1) is 16.7 Å². The van der Waals surface area contributed by atoms with Crippen molar-refractivity contribution >= 4 is 10.9 Å². The molecule has 0 saturated heterocycles. The van der Waals surface area contributed by atoms with Gasteiger partial charge in [-0.15, -0.1) is 0 Å². The Bertz CT molecular complexity index is 952. The van der Waals surface area contributed by atoms with Crippen molar-refractivity contribution in [3.63, 3.8) is 0 Å². The van der Waals surface area contributed by atoms with E-state index in [4.69, 9.17) is 0 Å². The number of rotatable bonds is 4. The van der Waals surface area contributed by atoms with Crippen LogP contribution >= 0.6 is 0 Å². The van der Waals surface area contributed by atoms with Crippen LogP contribution in [-0.2, 0) is 13.0 Å². The van der Waals surface area contributed by atoms with Crippen LogP contribution in [-0.4, -0.2) is 19.8 Å². The van der Waals surface area contributed by atoms with Crippen LogP contribution in [0.4, 0.5) is 0 Å². The molecule has 1 aromatic carbocycles. The van der Waals surface area contributed by atoms with Gasteiger partial charge in [0.05, 0.1) is 5.69 Å². The Balaban J connectivity index is 2.04. The summed E-state index contributed by atoms with van der Waals surface area (Å²) in [6.07, 6.45) is 3.17. The molecule has 0 radical (unpaired) electrons. The van der Waals surface area contributed by atoms with Crippen LogP contribution in [0.25, 0.3) is 10.9 Å². The van der Waals surface area contributed by atoms with Crippen LogP contribution in [0.3, 0.4) is 0 Å². The fourth-order valence-corrected chi connectivity index (χ4v) is 3.07. The first-order valence-electron chi connectivity index (χ1n) is 8.40. The van der Waals surface area contributed by atoms with Gasteiger partial charge in [0, 0.05) is 30.1 Å². The predicted molar refractivity (Wildman–Crippen MR) is 97.7 cm³/mol. The van der Waals surface area contributed by atoms with Crippen molar-refractivity contribution in [1.82, 2.24) is 9.55 Å². The van der Waals surface area contributed by atoms with E-state index < -0.39 is 0 Å². The third-order valence-corrected chi connectivity index (χ3v) is 4.55. The summed E-state index contributed by atoms with van der Waals surface area (Å²) in [5, 5.41) is 31.2. The number of fused-ring (bicyclic) bond motifs is 1. The normalized spacial score (nSPS) is 11.8. The Labute approximate surface area is 147 Å². The van der Waals surface area contributed by atoms with Crippen LogP contribution in [0.1, 0.15) is 44.0 Å². The second kappa shape index (κ2) is 6.21. The molecule has 0 amide bonds. The van der Waals surface area contributed by atoms with Gasteiger partial charge in [-0.05, 0) is 23.5 Å². The quantitative estimate of drug-likeness (QED) is 0.664. The minimum absolute atomic E-state index is 0.0521. The zero-order valence-electron chi connectivity index (χ0n) is 14.8.